The van der Waals surface area contributed by atoms with Gasteiger partial charge in [0, 0.05) is 28.9 Å². The minimum absolute atomic E-state index is 0.0841. The Morgan fingerprint density at radius 1 is 1.09 bits per heavy atom. The third-order valence-corrected chi connectivity index (χ3v) is 5.16. The van der Waals surface area contributed by atoms with E-state index in [1.54, 1.807) is 0 Å². The first-order valence-corrected chi connectivity index (χ1v) is 11.1. The van der Waals surface area contributed by atoms with Crippen LogP contribution in [0.1, 0.15) is 49.2 Å². The Morgan fingerprint density at radius 2 is 1.79 bits per heavy atom. The maximum absolute atomic E-state index is 10.9. The first-order chi connectivity index (χ1) is 15.6. The number of benzene rings is 1. The molecule has 1 atom stereocenters. The maximum Gasteiger partial charge on any atom is 0.258 e. The van der Waals surface area contributed by atoms with E-state index in [2.05, 4.69) is 29.0 Å². The minimum atomic E-state index is -0.764. The number of carbonyl (C=O) groups is 1. The molecule has 8 heteroatoms. The molecule has 0 aliphatic rings. The fourth-order valence-corrected chi connectivity index (χ4v) is 3.72. The lowest BCUT2D eigenvalue weighted by atomic mass is 10.0. The van der Waals surface area contributed by atoms with Crippen molar-refractivity contribution >= 4 is 5.91 Å². The van der Waals surface area contributed by atoms with Gasteiger partial charge in [-0.05, 0) is 74.9 Å². The van der Waals surface area contributed by atoms with E-state index in [4.69, 9.17) is 15.0 Å². The Hall–Kier alpha value is -3.26. The summed E-state index contributed by atoms with van der Waals surface area (Å²) in [4.78, 5) is 20.1. The van der Waals surface area contributed by atoms with Gasteiger partial charge in [-0.15, -0.1) is 0 Å². The van der Waals surface area contributed by atoms with Crippen molar-refractivity contribution in [2.24, 2.45) is 11.7 Å². The second-order valence-corrected chi connectivity index (χ2v) is 8.92. The molecular formula is C25H32N4O4. The summed E-state index contributed by atoms with van der Waals surface area (Å²) in [5, 5.41) is 14.2. The van der Waals surface area contributed by atoms with Crippen molar-refractivity contribution in [1.82, 2.24) is 15.1 Å². The highest BCUT2D eigenvalue weighted by molar-refractivity contribution is 5.73. The van der Waals surface area contributed by atoms with Crippen molar-refractivity contribution < 1.29 is 19.2 Å². The molecule has 176 valence electrons. The van der Waals surface area contributed by atoms with Crippen molar-refractivity contribution in [2.45, 2.75) is 60.0 Å². The normalized spacial score (nSPS) is 12.2. The van der Waals surface area contributed by atoms with Crippen LogP contribution in [0.3, 0.4) is 0 Å². The summed E-state index contributed by atoms with van der Waals surface area (Å²) in [6, 6.07) is 7.79. The molecule has 3 N–H and O–H groups in total. The average Bonchev–Trinajstić information content (AvgIpc) is 3.21. The highest BCUT2D eigenvalue weighted by atomic mass is 16.5. The topological polar surface area (TPSA) is 124 Å². The molecular weight excluding hydrogens is 420 g/mol. The van der Waals surface area contributed by atoms with Gasteiger partial charge in [0.1, 0.15) is 12.4 Å². The van der Waals surface area contributed by atoms with Gasteiger partial charge in [0.05, 0.1) is 6.10 Å². The van der Waals surface area contributed by atoms with Gasteiger partial charge in [-0.3, -0.25) is 9.78 Å². The molecule has 0 bridgehead atoms. The van der Waals surface area contributed by atoms with Gasteiger partial charge < -0.3 is 20.1 Å². The number of primary amides is 1. The molecule has 0 spiro atoms. The van der Waals surface area contributed by atoms with E-state index in [0.717, 1.165) is 40.1 Å². The van der Waals surface area contributed by atoms with Crippen molar-refractivity contribution in [2.75, 3.05) is 6.61 Å². The molecule has 0 unspecified atom stereocenters. The zero-order valence-corrected chi connectivity index (χ0v) is 19.9. The minimum Gasteiger partial charge on any atom is -0.490 e. The van der Waals surface area contributed by atoms with Gasteiger partial charge >= 0.3 is 0 Å². The van der Waals surface area contributed by atoms with E-state index in [0.29, 0.717) is 23.4 Å². The molecule has 0 saturated heterocycles. The van der Waals surface area contributed by atoms with Gasteiger partial charge in [-0.1, -0.05) is 19.0 Å². The molecule has 0 saturated carbocycles. The quantitative estimate of drug-likeness (QED) is 0.477. The van der Waals surface area contributed by atoms with Crippen LogP contribution in [-0.4, -0.2) is 38.8 Å². The molecule has 8 nitrogen and oxygen atoms in total. The van der Waals surface area contributed by atoms with Crippen molar-refractivity contribution in [1.29, 1.82) is 0 Å². The smallest absolute Gasteiger partial charge is 0.258 e. The molecule has 1 aromatic carbocycles. The fourth-order valence-electron chi connectivity index (χ4n) is 3.72. The van der Waals surface area contributed by atoms with E-state index < -0.39 is 12.0 Å². The molecule has 2 aromatic heterocycles. The number of hydrogen-bond acceptors (Lipinski definition) is 7. The van der Waals surface area contributed by atoms with Crippen LogP contribution in [0.5, 0.6) is 5.75 Å². The van der Waals surface area contributed by atoms with Crippen LogP contribution in [0.15, 0.2) is 28.8 Å². The molecule has 3 rings (SSSR count). The number of amides is 1. The number of aliphatic hydroxyl groups is 1. The van der Waals surface area contributed by atoms with Gasteiger partial charge in [0.15, 0.2) is 0 Å². The van der Waals surface area contributed by atoms with Gasteiger partial charge in [-0.25, -0.2) is 0 Å². The number of rotatable bonds is 10. The second kappa shape index (κ2) is 10.6. The van der Waals surface area contributed by atoms with Gasteiger partial charge in [-0.2, -0.15) is 4.98 Å². The first-order valence-electron chi connectivity index (χ1n) is 11.1. The number of nitrogens with two attached hydrogens (primary N) is 1. The zero-order valence-electron chi connectivity index (χ0n) is 19.9. The number of aromatic nitrogens is 3. The Morgan fingerprint density at radius 3 is 2.42 bits per heavy atom. The summed E-state index contributed by atoms with van der Waals surface area (Å²) in [5.41, 5.74) is 10.5. The van der Waals surface area contributed by atoms with E-state index >= 15 is 0 Å². The monoisotopic (exact) mass is 452 g/mol. The summed E-state index contributed by atoms with van der Waals surface area (Å²) < 4.78 is 11.4. The molecule has 3 aromatic rings. The predicted octanol–water partition coefficient (Wildman–Crippen LogP) is 3.93. The van der Waals surface area contributed by atoms with Crippen LogP contribution in [0.4, 0.5) is 0 Å². The lowest BCUT2D eigenvalue weighted by molar-refractivity contribution is -0.118. The van der Waals surface area contributed by atoms with Crippen LogP contribution < -0.4 is 10.5 Å². The highest BCUT2D eigenvalue weighted by Crippen LogP contribution is 2.30. The summed E-state index contributed by atoms with van der Waals surface area (Å²) >= 11 is 0. The second-order valence-electron chi connectivity index (χ2n) is 8.92. The third kappa shape index (κ3) is 6.61. The fraction of sp³-hybridized carbons (Fsp3) is 0.440. The van der Waals surface area contributed by atoms with Crippen LogP contribution >= 0.6 is 0 Å². The summed E-state index contributed by atoms with van der Waals surface area (Å²) in [5.74, 6) is 1.69. The zero-order chi connectivity index (χ0) is 24.1. The Labute approximate surface area is 194 Å². The van der Waals surface area contributed by atoms with E-state index in [1.165, 1.54) is 0 Å². The number of hydrogen-bond donors (Lipinski definition) is 2. The molecule has 2 heterocycles. The number of aryl methyl sites for hydroxylation is 3. The third-order valence-electron chi connectivity index (χ3n) is 5.16. The number of aliphatic hydroxyl groups excluding tert-OH is 1. The molecule has 1 amide bonds. The van der Waals surface area contributed by atoms with Gasteiger partial charge in [0.25, 0.3) is 5.89 Å². The summed E-state index contributed by atoms with van der Waals surface area (Å²) in [6.07, 6.45) is 0.509. The summed E-state index contributed by atoms with van der Waals surface area (Å²) in [7, 11) is 0. The van der Waals surface area contributed by atoms with Gasteiger partial charge in [0.2, 0.25) is 11.7 Å². The molecule has 0 fully saturated rings. The van der Waals surface area contributed by atoms with Crippen molar-refractivity contribution in [3.63, 3.8) is 0 Å². The van der Waals surface area contributed by atoms with Crippen molar-refractivity contribution in [3.8, 4) is 28.6 Å². The van der Waals surface area contributed by atoms with E-state index in [-0.39, 0.29) is 19.4 Å². The van der Waals surface area contributed by atoms with Crippen LogP contribution in [-0.2, 0) is 11.2 Å². The lowest BCUT2D eigenvalue weighted by Crippen LogP contribution is -2.21. The standard InChI is InChI=1S/C25H32N4O4/c1-14(2)8-20-12-19(11-17(5)27-20)25-28-24(29-33-25)18-9-15(3)23(16(4)10-18)32-13-21(30)6-7-22(26)31/h9-12,14,21,30H,6-8,13H2,1-5H3,(H2,26,31)/t21-/m0/s1. The molecule has 0 aliphatic carbocycles. The number of pyridine rings is 1. The van der Waals surface area contributed by atoms with E-state index in [9.17, 15) is 9.90 Å². The summed E-state index contributed by atoms with van der Waals surface area (Å²) in [6.45, 7) is 10.2. The highest BCUT2D eigenvalue weighted by Gasteiger charge is 2.16. The Bertz CT molecular complexity index is 1100. The van der Waals surface area contributed by atoms with E-state index in [1.807, 2.05) is 45.0 Å². The van der Waals surface area contributed by atoms with Crippen LogP contribution in [0.25, 0.3) is 22.8 Å². The lowest BCUT2D eigenvalue weighted by Gasteiger charge is -2.16. The maximum atomic E-state index is 10.9. The first kappa shape index (κ1) is 24.4. The Kier molecular flexibility index (Phi) is 7.81. The average molecular weight is 453 g/mol. The predicted molar refractivity (Wildman–Crippen MR) is 126 cm³/mol. The van der Waals surface area contributed by atoms with Crippen LogP contribution in [0, 0.1) is 26.7 Å². The number of carbonyl (C=O) groups excluding carboxylic acids is 1. The molecule has 0 aliphatic heterocycles. The van der Waals surface area contributed by atoms with Crippen LogP contribution in [0.2, 0.25) is 0 Å². The SMILES string of the molecule is Cc1cc(-c2nc(-c3cc(C)c(OC[C@@H](O)CCC(N)=O)c(C)c3)no2)cc(CC(C)C)n1. The molecule has 0 radical (unpaired) electrons. The van der Waals surface area contributed by atoms with Crippen molar-refractivity contribution in [3.05, 3.63) is 46.8 Å². The number of ether oxygens (including phenoxy) is 1. The largest absolute Gasteiger partial charge is 0.490 e. The Balaban J connectivity index is 1.78. The number of nitrogens with zero attached hydrogens (tertiary/aromatic N) is 3. The molecule has 33 heavy (non-hydrogen) atoms.